The molecular formula is C18H28N2O2. The Hall–Kier alpha value is -1.55. The predicted molar refractivity (Wildman–Crippen MR) is 89.3 cm³/mol. The van der Waals surface area contributed by atoms with E-state index in [0.717, 1.165) is 38.2 Å². The molecule has 4 nitrogen and oxygen atoms in total. The first-order valence-electron chi connectivity index (χ1n) is 8.33. The standard InChI is InChI=1S/C18H28N2O2/c1-4-20-11-9-16(10-12-20)19-18(21)13-22-17-7-5-15(6-8-17)14(2)3/h5-8,14,16H,4,9-13H2,1-3H3,(H,19,21). The smallest absolute Gasteiger partial charge is 0.258 e. The van der Waals surface area contributed by atoms with Crippen molar-refractivity contribution in [3.8, 4) is 5.75 Å². The van der Waals surface area contributed by atoms with E-state index in [1.165, 1.54) is 5.56 Å². The normalized spacial score (nSPS) is 16.7. The van der Waals surface area contributed by atoms with Crippen LogP contribution >= 0.6 is 0 Å². The molecule has 0 spiro atoms. The quantitative estimate of drug-likeness (QED) is 0.878. The van der Waals surface area contributed by atoms with E-state index in [-0.39, 0.29) is 12.5 Å². The summed E-state index contributed by atoms with van der Waals surface area (Å²) in [6.07, 6.45) is 2.06. The van der Waals surface area contributed by atoms with Crippen LogP contribution < -0.4 is 10.1 Å². The number of ether oxygens (including phenoxy) is 1. The van der Waals surface area contributed by atoms with Crippen LogP contribution in [0.15, 0.2) is 24.3 Å². The molecule has 1 fully saturated rings. The zero-order valence-corrected chi connectivity index (χ0v) is 14.0. The van der Waals surface area contributed by atoms with Gasteiger partial charge in [-0.05, 0) is 43.0 Å². The van der Waals surface area contributed by atoms with E-state index < -0.39 is 0 Å². The molecule has 1 saturated heterocycles. The third-order valence-electron chi connectivity index (χ3n) is 4.32. The summed E-state index contributed by atoms with van der Waals surface area (Å²) in [5.74, 6) is 1.23. The highest BCUT2D eigenvalue weighted by Crippen LogP contribution is 2.18. The van der Waals surface area contributed by atoms with E-state index in [9.17, 15) is 4.79 Å². The summed E-state index contributed by atoms with van der Waals surface area (Å²) in [4.78, 5) is 14.4. The van der Waals surface area contributed by atoms with Gasteiger partial charge < -0.3 is 15.0 Å². The lowest BCUT2D eigenvalue weighted by Crippen LogP contribution is -2.45. The minimum Gasteiger partial charge on any atom is -0.484 e. The van der Waals surface area contributed by atoms with E-state index in [1.807, 2.05) is 12.1 Å². The van der Waals surface area contributed by atoms with Crippen molar-refractivity contribution < 1.29 is 9.53 Å². The van der Waals surface area contributed by atoms with Crippen LogP contribution in [0.1, 0.15) is 45.1 Å². The fourth-order valence-electron chi connectivity index (χ4n) is 2.76. The van der Waals surface area contributed by atoms with Gasteiger partial charge in [0.05, 0.1) is 0 Å². The molecule has 4 heteroatoms. The van der Waals surface area contributed by atoms with Crippen LogP contribution in [0.4, 0.5) is 0 Å². The number of benzene rings is 1. The third kappa shape index (κ3) is 5.02. The topological polar surface area (TPSA) is 41.6 Å². The van der Waals surface area contributed by atoms with Crippen LogP contribution in [0.25, 0.3) is 0 Å². The van der Waals surface area contributed by atoms with Crippen LogP contribution in [0.2, 0.25) is 0 Å². The second-order valence-electron chi connectivity index (χ2n) is 6.29. The van der Waals surface area contributed by atoms with Crippen molar-refractivity contribution in [2.24, 2.45) is 0 Å². The van der Waals surface area contributed by atoms with Gasteiger partial charge in [0.2, 0.25) is 0 Å². The van der Waals surface area contributed by atoms with Crippen molar-refractivity contribution in [2.75, 3.05) is 26.2 Å². The van der Waals surface area contributed by atoms with Crippen LogP contribution in [0.3, 0.4) is 0 Å². The van der Waals surface area contributed by atoms with E-state index in [2.05, 4.69) is 43.1 Å². The third-order valence-corrected chi connectivity index (χ3v) is 4.32. The van der Waals surface area contributed by atoms with Crippen molar-refractivity contribution in [1.29, 1.82) is 0 Å². The molecule has 0 atom stereocenters. The Morgan fingerprint density at radius 2 is 1.91 bits per heavy atom. The Labute approximate surface area is 133 Å². The maximum atomic E-state index is 12.0. The van der Waals surface area contributed by atoms with Gasteiger partial charge in [0, 0.05) is 19.1 Å². The molecule has 1 heterocycles. The van der Waals surface area contributed by atoms with Gasteiger partial charge >= 0.3 is 0 Å². The second-order valence-corrected chi connectivity index (χ2v) is 6.29. The Morgan fingerprint density at radius 1 is 1.27 bits per heavy atom. The molecule has 2 rings (SSSR count). The van der Waals surface area contributed by atoms with E-state index >= 15 is 0 Å². The number of rotatable bonds is 6. The SMILES string of the molecule is CCN1CCC(NC(=O)COc2ccc(C(C)C)cc2)CC1. The number of hydrogen-bond donors (Lipinski definition) is 1. The average molecular weight is 304 g/mol. The molecule has 1 N–H and O–H groups in total. The van der Waals surface area contributed by atoms with Crippen LogP contribution in [-0.2, 0) is 4.79 Å². The highest BCUT2D eigenvalue weighted by atomic mass is 16.5. The number of nitrogens with one attached hydrogen (secondary N) is 1. The molecular weight excluding hydrogens is 276 g/mol. The molecule has 0 bridgehead atoms. The second kappa shape index (κ2) is 8.18. The number of carbonyl (C=O) groups is 1. The van der Waals surface area contributed by atoms with Gasteiger partial charge in [-0.1, -0.05) is 32.9 Å². The minimum atomic E-state index is -0.0251. The summed E-state index contributed by atoms with van der Waals surface area (Å²) in [5, 5.41) is 3.07. The highest BCUT2D eigenvalue weighted by Gasteiger charge is 2.19. The number of carbonyl (C=O) groups excluding carboxylic acids is 1. The van der Waals surface area contributed by atoms with Gasteiger partial charge in [0.25, 0.3) is 5.91 Å². The van der Waals surface area contributed by atoms with Gasteiger partial charge in [-0.15, -0.1) is 0 Å². The summed E-state index contributed by atoms with van der Waals surface area (Å²) in [6, 6.07) is 8.27. The molecule has 0 aliphatic carbocycles. The zero-order chi connectivity index (χ0) is 15.9. The Kier molecular flexibility index (Phi) is 6.25. The largest absolute Gasteiger partial charge is 0.484 e. The minimum absolute atomic E-state index is 0.0251. The number of hydrogen-bond acceptors (Lipinski definition) is 3. The van der Waals surface area contributed by atoms with Crippen molar-refractivity contribution in [2.45, 2.75) is 45.6 Å². The van der Waals surface area contributed by atoms with Gasteiger partial charge in [-0.2, -0.15) is 0 Å². The van der Waals surface area contributed by atoms with Crippen LogP contribution in [0, 0.1) is 0 Å². The van der Waals surface area contributed by atoms with Gasteiger partial charge in [0.15, 0.2) is 6.61 Å². The molecule has 0 aromatic heterocycles. The first-order valence-corrected chi connectivity index (χ1v) is 8.33. The van der Waals surface area contributed by atoms with E-state index in [1.54, 1.807) is 0 Å². The van der Waals surface area contributed by atoms with Crippen molar-refractivity contribution in [3.05, 3.63) is 29.8 Å². The fourth-order valence-corrected chi connectivity index (χ4v) is 2.76. The molecule has 22 heavy (non-hydrogen) atoms. The average Bonchev–Trinajstić information content (AvgIpc) is 2.54. The molecule has 122 valence electrons. The van der Waals surface area contributed by atoms with Crippen molar-refractivity contribution in [1.82, 2.24) is 10.2 Å². The van der Waals surface area contributed by atoms with E-state index in [0.29, 0.717) is 12.0 Å². The molecule has 0 unspecified atom stereocenters. The Balaban J connectivity index is 1.71. The summed E-state index contributed by atoms with van der Waals surface area (Å²) < 4.78 is 5.56. The van der Waals surface area contributed by atoms with E-state index in [4.69, 9.17) is 4.74 Å². The molecule has 1 aromatic carbocycles. The summed E-state index contributed by atoms with van der Waals surface area (Å²) in [7, 11) is 0. The fraction of sp³-hybridized carbons (Fsp3) is 0.611. The van der Waals surface area contributed by atoms with Crippen LogP contribution in [0.5, 0.6) is 5.75 Å². The lowest BCUT2D eigenvalue weighted by Gasteiger charge is -2.31. The first-order chi connectivity index (χ1) is 10.6. The Morgan fingerprint density at radius 3 is 2.45 bits per heavy atom. The number of amides is 1. The van der Waals surface area contributed by atoms with Gasteiger partial charge in [0.1, 0.15) is 5.75 Å². The maximum absolute atomic E-state index is 12.0. The number of piperidine rings is 1. The van der Waals surface area contributed by atoms with Crippen molar-refractivity contribution >= 4 is 5.91 Å². The molecule has 1 aliphatic rings. The summed E-state index contributed by atoms with van der Waals surface area (Å²) in [6.45, 7) is 9.82. The molecule has 0 saturated carbocycles. The molecule has 1 amide bonds. The molecule has 1 aliphatic heterocycles. The summed E-state index contributed by atoms with van der Waals surface area (Å²) >= 11 is 0. The van der Waals surface area contributed by atoms with Gasteiger partial charge in [-0.3, -0.25) is 4.79 Å². The monoisotopic (exact) mass is 304 g/mol. The molecule has 0 radical (unpaired) electrons. The van der Waals surface area contributed by atoms with Crippen LogP contribution in [-0.4, -0.2) is 43.1 Å². The van der Waals surface area contributed by atoms with Crippen molar-refractivity contribution in [3.63, 3.8) is 0 Å². The first kappa shape index (κ1) is 16.8. The van der Waals surface area contributed by atoms with Gasteiger partial charge in [-0.25, -0.2) is 0 Å². The molecule has 1 aromatic rings. The Bertz CT molecular complexity index is 462. The number of likely N-dealkylation sites (tertiary alicyclic amines) is 1. The lowest BCUT2D eigenvalue weighted by molar-refractivity contribution is -0.124. The predicted octanol–water partition coefficient (Wildman–Crippen LogP) is 2.79. The summed E-state index contributed by atoms with van der Waals surface area (Å²) in [5.41, 5.74) is 1.28. The number of nitrogens with zero attached hydrogens (tertiary/aromatic N) is 1. The lowest BCUT2D eigenvalue weighted by atomic mass is 10.0. The zero-order valence-electron chi connectivity index (χ0n) is 14.0. The maximum Gasteiger partial charge on any atom is 0.258 e. The highest BCUT2D eigenvalue weighted by molar-refractivity contribution is 5.77.